The first-order valence-corrected chi connectivity index (χ1v) is 8.57. The van der Waals surface area contributed by atoms with Gasteiger partial charge in [-0.05, 0) is 25.0 Å². The van der Waals surface area contributed by atoms with Crippen LogP contribution in [0.25, 0.3) is 0 Å². The highest BCUT2D eigenvalue weighted by Gasteiger charge is 2.19. The van der Waals surface area contributed by atoms with E-state index in [-0.39, 0.29) is 11.9 Å². The average Bonchev–Trinajstić information content (AvgIpc) is 3.15. The Morgan fingerprint density at radius 3 is 2.60 bits per heavy atom. The van der Waals surface area contributed by atoms with Crippen LogP contribution in [-0.4, -0.2) is 35.1 Å². The minimum atomic E-state index is -0.162. The molecule has 0 atom stereocenters. The van der Waals surface area contributed by atoms with Gasteiger partial charge < -0.3 is 20.1 Å². The molecular formula is C18H20N4O3. The van der Waals surface area contributed by atoms with Crippen molar-refractivity contribution in [2.24, 2.45) is 0 Å². The molecule has 2 aliphatic rings. The van der Waals surface area contributed by atoms with Gasteiger partial charge in [-0.1, -0.05) is 12.8 Å². The second-order valence-electron chi connectivity index (χ2n) is 6.23. The molecule has 2 N–H and O–H groups in total. The molecule has 7 heteroatoms. The first-order chi connectivity index (χ1) is 12.3. The van der Waals surface area contributed by atoms with Gasteiger partial charge in [-0.3, -0.25) is 4.79 Å². The molecule has 0 unspecified atom stereocenters. The number of fused-ring (bicyclic) bond motifs is 1. The van der Waals surface area contributed by atoms with Crippen molar-refractivity contribution in [2.75, 3.05) is 18.5 Å². The normalized spacial score (nSPS) is 16.5. The summed E-state index contributed by atoms with van der Waals surface area (Å²) in [7, 11) is 0. The predicted octanol–water partition coefficient (Wildman–Crippen LogP) is 2.66. The van der Waals surface area contributed by atoms with E-state index in [1.165, 1.54) is 19.0 Å². The largest absolute Gasteiger partial charge is 0.486 e. The Kier molecular flexibility index (Phi) is 4.37. The van der Waals surface area contributed by atoms with Crippen LogP contribution in [0.2, 0.25) is 0 Å². The van der Waals surface area contributed by atoms with E-state index in [1.54, 1.807) is 6.20 Å². The zero-order valence-electron chi connectivity index (χ0n) is 13.8. The number of carbonyl (C=O) groups is 1. The molecular weight excluding hydrogens is 320 g/mol. The molecule has 1 aliphatic heterocycles. The third-order valence-corrected chi connectivity index (χ3v) is 4.39. The minimum Gasteiger partial charge on any atom is -0.486 e. The summed E-state index contributed by atoms with van der Waals surface area (Å²) >= 11 is 0. The van der Waals surface area contributed by atoms with Gasteiger partial charge in [0.15, 0.2) is 11.5 Å². The maximum atomic E-state index is 12.2. The van der Waals surface area contributed by atoms with Crippen LogP contribution < -0.4 is 20.1 Å². The highest BCUT2D eigenvalue weighted by atomic mass is 16.6. The molecule has 1 fully saturated rings. The Labute approximate surface area is 145 Å². The second kappa shape index (κ2) is 6.96. The number of nitrogens with one attached hydrogen (secondary N) is 2. The average molecular weight is 340 g/mol. The van der Waals surface area contributed by atoms with Gasteiger partial charge in [0.1, 0.15) is 24.7 Å². The summed E-state index contributed by atoms with van der Waals surface area (Å²) in [5, 5.41) is 6.16. The summed E-state index contributed by atoms with van der Waals surface area (Å²) in [4.78, 5) is 20.7. The van der Waals surface area contributed by atoms with Gasteiger partial charge >= 0.3 is 0 Å². The molecule has 0 bridgehead atoms. The van der Waals surface area contributed by atoms with Crippen LogP contribution in [0.5, 0.6) is 11.5 Å². The van der Waals surface area contributed by atoms with E-state index in [0.29, 0.717) is 30.5 Å². The smallest absolute Gasteiger partial charge is 0.271 e. The number of nitrogens with zero attached hydrogens (tertiary/aromatic N) is 2. The lowest BCUT2D eigenvalue weighted by molar-refractivity contribution is 0.0932. The van der Waals surface area contributed by atoms with Crippen molar-refractivity contribution in [1.82, 2.24) is 15.3 Å². The minimum absolute atomic E-state index is 0.162. The van der Waals surface area contributed by atoms with Gasteiger partial charge in [0.2, 0.25) is 0 Å². The monoisotopic (exact) mass is 340 g/mol. The maximum absolute atomic E-state index is 12.2. The number of amides is 1. The Morgan fingerprint density at radius 1 is 1.04 bits per heavy atom. The number of hydrogen-bond acceptors (Lipinski definition) is 6. The summed E-state index contributed by atoms with van der Waals surface area (Å²) in [6.45, 7) is 1.11. The molecule has 0 spiro atoms. The number of hydrogen-bond donors (Lipinski definition) is 2. The van der Waals surface area contributed by atoms with Crippen LogP contribution in [0.4, 0.5) is 11.5 Å². The molecule has 1 amide bonds. The molecule has 7 nitrogen and oxygen atoms in total. The van der Waals surface area contributed by atoms with E-state index in [1.807, 2.05) is 18.2 Å². The Hall–Kier alpha value is -2.83. The van der Waals surface area contributed by atoms with Crippen LogP contribution in [0.15, 0.2) is 30.6 Å². The van der Waals surface area contributed by atoms with Crippen molar-refractivity contribution in [1.29, 1.82) is 0 Å². The SMILES string of the molecule is O=C(NC1CCCC1)c1cnc(Nc2ccc3c(c2)OCCO3)cn1. The maximum Gasteiger partial charge on any atom is 0.271 e. The molecule has 130 valence electrons. The standard InChI is InChI=1S/C18H20N4O3/c23-18(22-12-3-1-2-4-12)14-10-20-17(11-19-14)21-13-5-6-15-16(9-13)25-8-7-24-15/h5-6,9-12H,1-4,7-8H2,(H,20,21)(H,22,23). The fraction of sp³-hybridized carbons (Fsp3) is 0.389. The van der Waals surface area contributed by atoms with Gasteiger partial charge in [-0.2, -0.15) is 0 Å². The van der Waals surface area contributed by atoms with E-state index in [2.05, 4.69) is 20.6 Å². The van der Waals surface area contributed by atoms with Gasteiger partial charge in [-0.25, -0.2) is 9.97 Å². The van der Waals surface area contributed by atoms with Crippen molar-refractivity contribution in [3.8, 4) is 11.5 Å². The van der Waals surface area contributed by atoms with Crippen LogP contribution in [0.1, 0.15) is 36.2 Å². The molecule has 1 aromatic carbocycles. The third-order valence-electron chi connectivity index (χ3n) is 4.39. The first-order valence-electron chi connectivity index (χ1n) is 8.57. The Bertz CT molecular complexity index is 757. The molecule has 1 aromatic heterocycles. The number of rotatable bonds is 4. The quantitative estimate of drug-likeness (QED) is 0.890. The number of carbonyl (C=O) groups excluding carboxylic acids is 1. The van der Waals surface area contributed by atoms with E-state index in [4.69, 9.17) is 9.47 Å². The zero-order valence-corrected chi connectivity index (χ0v) is 13.8. The van der Waals surface area contributed by atoms with E-state index in [0.717, 1.165) is 24.3 Å². The lowest BCUT2D eigenvalue weighted by atomic mass is 10.2. The molecule has 2 heterocycles. The molecule has 1 saturated carbocycles. The number of anilines is 2. The lowest BCUT2D eigenvalue weighted by Gasteiger charge is -2.19. The fourth-order valence-electron chi connectivity index (χ4n) is 3.11. The van der Waals surface area contributed by atoms with E-state index < -0.39 is 0 Å². The Balaban J connectivity index is 1.41. The number of benzene rings is 1. The third kappa shape index (κ3) is 3.65. The van der Waals surface area contributed by atoms with Crippen molar-refractivity contribution < 1.29 is 14.3 Å². The van der Waals surface area contributed by atoms with Gasteiger partial charge in [0, 0.05) is 17.8 Å². The lowest BCUT2D eigenvalue weighted by Crippen LogP contribution is -2.33. The predicted molar refractivity (Wildman–Crippen MR) is 92.5 cm³/mol. The summed E-state index contributed by atoms with van der Waals surface area (Å²) in [6.07, 6.45) is 7.49. The molecule has 25 heavy (non-hydrogen) atoms. The fourth-order valence-corrected chi connectivity index (χ4v) is 3.11. The number of aromatic nitrogens is 2. The van der Waals surface area contributed by atoms with Crippen LogP contribution in [0, 0.1) is 0 Å². The molecule has 1 aliphatic carbocycles. The molecule has 0 saturated heterocycles. The highest BCUT2D eigenvalue weighted by molar-refractivity contribution is 5.92. The first kappa shape index (κ1) is 15.7. The number of ether oxygens (including phenoxy) is 2. The van der Waals surface area contributed by atoms with Gasteiger partial charge in [0.05, 0.1) is 12.4 Å². The van der Waals surface area contributed by atoms with Crippen molar-refractivity contribution >= 4 is 17.4 Å². The van der Waals surface area contributed by atoms with E-state index >= 15 is 0 Å². The molecule has 4 rings (SSSR count). The summed E-state index contributed by atoms with van der Waals surface area (Å²) in [5.74, 6) is 1.85. The zero-order chi connectivity index (χ0) is 17.1. The van der Waals surface area contributed by atoms with Crippen LogP contribution >= 0.6 is 0 Å². The van der Waals surface area contributed by atoms with Crippen LogP contribution in [-0.2, 0) is 0 Å². The van der Waals surface area contributed by atoms with Gasteiger partial charge in [0.25, 0.3) is 5.91 Å². The highest BCUT2D eigenvalue weighted by Crippen LogP contribution is 2.33. The molecule has 0 radical (unpaired) electrons. The Morgan fingerprint density at radius 2 is 1.84 bits per heavy atom. The summed E-state index contributed by atoms with van der Waals surface area (Å²) in [5.41, 5.74) is 1.15. The van der Waals surface area contributed by atoms with Gasteiger partial charge in [-0.15, -0.1) is 0 Å². The van der Waals surface area contributed by atoms with E-state index in [9.17, 15) is 4.79 Å². The summed E-state index contributed by atoms with van der Waals surface area (Å²) in [6, 6.07) is 5.87. The topological polar surface area (TPSA) is 85.4 Å². The van der Waals surface area contributed by atoms with Crippen LogP contribution in [0.3, 0.4) is 0 Å². The van der Waals surface area contributed by atoms with Crippen molar-refractivity contribution in [2.45, 2.75) is 31.7 Å². The second-order valence-corrected chi connectivity index (χ2v) is 6.23. The summed E-state index contributed by atoms with van der Waals surface area (Å²) < 4.78 is 11.1. The van der Waals surface area contributed by atoms with Crippen molar-refractivity contribution in [3.63, 3.8) is 0 Å². The molecule has 2 aromatic rings. The van der Waals surface area contributed by atoms with Crippen molar-refractivity contribution in [3.05, 3.63) is 36.3 Å².